The van der Waals surface area contributed by atoms with E-state index in [4.69, 9.17) is 0 Å². The molecule has 0 atom stereocenters. The van der Waals surface area contributed by atoms with E-state index in [1.807, 2.05) is 25.1 Å². The van der Waals surface area contributed by atoms with Gasteiger partial charge < -0.3 is 0 Å². The van der Waals surface area contributed by atoms with Crippen LogP contribution in [0, 0.1) is 6.92 Å². The Balaban J connectivity index is 2.46. The number of aryl methyl sites for hydroxylation is 1. The van der Waals surface area contributed by atoms with Crippen LogP contribution in [0.15, 0.2) is 36.9 Å². The zero-order chi connectivity index (χ0) is 11.5. The molecular formula is C13H12N2O. The highest BCUT2D eigenvalue weighted by molar-refractivity contribution is 5.96. The Labute approximate surface area is 94.2 Å². The summed E-state index contributed by atoms with van der Waals surface area (Å²) in [6.45, 7) is 3.51. The molecule has 0 aliphatic rings. The highest BCUT2D eigenvalue weighted by Crippen LogP contribution is 2.20. The minimum absolute atomic E-state index is 0.0911. The summed E-state index contributed by atoms with van der Waals surface area (Å²) in [5, 5.41) is 0. The number of aromatic nitrogens is 2. The maximum absolute atomic E-state index is 11.3. The van der Waals surface area contributed by atoms with Crippen molar-refractivity contribution in [2.45, 2.75) is 13.8 Å². The van der Waals surface area contributed by atoms with E-state index in [1.165, 1.54) is 6.33 Å². The van der Waals surface area contributed by atoms with Gasteiger partial charge in [0, 0.05) is 23.5 Å². The first-order valence-corrected chi connectivity index (χ1v) is 5.05. The molecular weight excluding hydrogens is 200 g/mol. The van der Waals surface area contributed by atoms with Gasteiger partial charge in [-0.25, -0.2) is 9.97 Å². The van der Waals surface area contributed by atoms with Crippen molar-refractivity contribution in [3.63, 3.8) is 0 Å². The summed E-state index contributed by atoms with van der Waals surface area (Å²) < 4.78 is 0. The Hall–Kier alpha value is -2.03. The molecule has 2 aromatic rings. The fraction of sp³-hybridized carbons (Fsp3) is 0.154. The van der Waals surface area contributed by atoms with Crippen LogP contribution >= 0.6 is 0 Å². The van der Waals surface area contributed by atoms with Gasteiger partial charge in [0.15, 0.2) is 5.78 Å². The summed E-state index contributed by atoms with van der Waals surface area (Å²) in [4.78, 5) is 19.2. The van der Waals surface area contributed by atoms with Crippen LogP contribution in [-0.4, -0.2) is 15.8 Å². The zero-order valence-electron chi connectivity index (χ0n) is 9.27. The number of carbonyl (C=O) groups excluding carboxylic acids is 1. The number of hydrogen-bond acceptors (Lipinski definition) is 3. The number of carbonyl (C=O) groups is 1. The molecule has 0 spiro atoms. The molecule has 80 valence electrons. The van der Waals surface area contributed by atoms with E-state index in [1.54, 1.807) is 19.3 Å². The minimum Gasteiger partial charge on any atom is -0.295 e. The van der Waals surface area contributed by atoms with E-state index in [-0.39, 0.29) is 5.78 Å². The molecule has 0 fully saturated rings. The van der Waals surface area contributed by atoms with Crippen molar-refractivity contribution < 1.29 is 4.79 Å². The Kier molecular flexibility index (Phi) is 2.77. The van der Waals surface area contributed by atoms with Crippen molar-refractivity contribution in [1.29, 1.82) is 0 Å². The topological polar surface area (TPSA) is 42.9 Å². The lowest BCUT2D eigenvalue weighted by Crippen LogP contribution is -1.96. The third-order valence-electron chi connectivity index (χ3n) is 2.50. The predicted octanol–water partition coefficient (Wildman–Crippen LogP) is 2.65. The number of ketones is 1. The second kappa shape index (κ2) is 4.23. The van der Waals surface area contributed by atoms with Gasteiger partial charge in [-0.3, -0.25) is 4.79 Å². The van der Waals surface area contributed by atoms with E-state index in [2.05, 4.69) is 9.97 Å². The molecule has 0 amide bonds. The molecule has 0 N–H and O–H groups in total. The van der Waals surface area contributed by atoms with E-state index in [0.29, 0.717) is 0 Å². The van der Waals surface area contributed by atoms with Crippen molar-refractivity contribution in [3.8, 4) is 11.1 Å². The first kappa shape index (κ1) is 10.5. The molecule has 0 saturated carbocycles. The lowest BCUT2D eigenvalue weighted by molar-refractivity contribution is 0.101. The third-order valence-corrected chi connectivity index (χ3v) is 2.50. The molecule has 1 aromatic heterocycles. The van der Waals surface area contributed by atoms with Crippen LogP contribution in [0.4, 0.5) is 0 Å². The largest absolute Gasteiger partial charge is 0.295 e. The van der Waals surface area contributed by atoms with Crippen LogP contribution < -0.4 is 0 Å². The second-order valence-electron chi connectivity index (χ2n) is 3.71. The van der Waals surface area contributed by atoms with Gasteiger partial charge in [0.2, 0.25) is 0 Å². The molecule has 2 rings (SSSR count). The smallest absolute Gasteiger partial charge is 0.160 e. The summed E-state index contributed by atoms with van der Waals surface area (Å²) in [6.07, 6.45) is 5.02. The average Bonchev–Trinajstić information content (AvgIpc) is 2.29. The van der Waals surface area contributed by atoms with Crippen LogP contribution in [-0.2, 0) is 0 Å². The van der Waals surface area contributed by atoms with Crippen molar-refractivity contribution in [2.24, 2.45) is 0 Å². The fourth-order valence-electron chi connectivity index (χ4n) is 1.69. The van der Waals surface area contributed by atoms with Crippen LogP contribution in [0.1, 0.15) is 22.8 Å². The quantitative estimate of drug-likeness (QED) is 0.719. The summed E-state index contributed by atoms with van der Waals surface area (Å²) in [5.74, 6) is 0.0911. The number of nitrogens with zero attached hydrogens (tertiary/aromatic N) is 2. The molecule has 0 radical (unpaired) electrons. The monoisotopic (exact) mass is 212 g/mol. The van der Waals surface area contributed by atoms with Gasteiger partial charge in [0.1, 0.15) is 6.33 Å². The molecule has 0 aliphatic heterocycles. The zero-order valence-corrected chi connectivity index (χ0v) is 9.27. The normalized spacial score (nSPS) is 10.1. The first-order chi connectivity index (χ1) is 7.68. The minimum atomic E-state index is 0.0911. The average molecular weight is 212 g/mol. The summed E-state index contributed by atoms with van der Waals surface area (Å²) in [6, 6.07) is 5.75. The Morgan fingerprint density at radius 2 is 1.81 bits per heavy atom. The number of benzene rings is 1. The summed E-state index contributed by atoms with van der Waals surface area (Å²) in [7, 11) is 0. The second-order valence-corrected chi connectivity index (χ2v) is 3.71. The van der Waals surface area contributed by atoms with Gasteiger partial charge in [-0.2, -0.15) is 0 Å². The molecule has 0 bridgehead atoms. The molecule has 3 heteroatoms. The van der Waals surface area contributed by atoms with Crippen LogP contribution in [0.25, 0.3) is 11.1 Å². The number of rotatable bonds is 2. The van der Waals surface area contributed by atoms with Crippen LogP contribution in [0.2, 0.25) is 0 Å². The van der Waals surface area contributed by atoms with Crippen molar-refractivity contribution in [2.75, 3.05) is 0 Å². The fourth-order valence-corrected chi connectivity index (χ4v) is 1.69. The standard InChI is InChI=1S/C13H12N2O/c1-9-5-11(3-4-13(9)10(2)16)12-6-14-8-15-7-12/h3-8H,1-2H3. The Morgan fingerprint density at radius 3 is 2.38 bits per heavy atom. The van der Waals surface area contributed by atoms with Gasteiger partial charge in [0.05, 0.1) is 0 Å². The maximum atomic E-state index is 11.3. The van der Waals surface area contributed by atoms with Gasteiger partial charge in [-0.1, -0.05) is 18.2 Å². The molecule has 16 heavy (non-hydrogen) atoms. The van der Waals surface area contributed by atoms with Crippen molar-refractivity contribution in [1.82, 2.24) is 9.97 Å². The Morgan fingerprint density at radius 1 is 1.12 bits per heavy atom. The first-order valence-electron chi connectivity index (χ1n) is 5.05. The molecule has 0 unspecified atom stereocenters. The van der Waals surface area contributed by atoms with Gasteiger partial charge >= 0.3 is 0 Å². The van der Waals surface area contributed by atoms with Crippen LogP contribution in [0.5, 0.6) is 0 Å². The van der Waals surface area contributed by atoms with Crippen LogP contribution in [0.3, 0.4) is 0 Å². The highest BCUT2D eigenvalue weighted by Gasteiger charge is 2.05. The van der Waals surface area contributed by atoms with E-state index in [0.717, 1.165) is 22.3 Å². The number of hydrogen-bond donors (Lipinski definition) is 0. The van der Waals surface area contributed by atoms with Gasteiger partial charge in [-0.05, 0) is 25.0 Å². The summed E-state index contributed by atoms with van der Waals surface area (Å²) in [5.41, 5.74) is 3.73. The molecule has 0 saturated heterocycles. The highest BCUT2D eigenvalue weighted by atomic mass is 16.1. The molecule has 0 aliphatic carbocycles. The predicted molar refractivity (Wildman–Crippen MR) is 62.2 cm³/mol. The molecule has 1 heterocycles. The van der Waals surface area contributed by atoms with Gasteiger partial charge in [-0.15, -0.1) is 0 Å². The molecule has 3 nitrogen and oxygen atoms in total. The lowest BCUT2D eigenvalue weighted by Gasteiger charge is -2.05. The SMILES string of the molecule is CC(=O)c1ccc(-c2cncnc2)cc1C. The maximum Gasteiger partial charge on any atom is 0.160 e. The number of Topliss-reactive ketones (excluding diaryl/α,β-unsaturated/α-hetero) is 1. The molecule has 1 aromatic carbocycles. The van der Waals surface area contributed by atoms with Crippen molar-refractivity contribution >= 4 is 5.78 Å². The van der Waals surface area contributed by atoms with Gasteiger partial charge in [0.25, 0.3) is 0 Å². The Bertz CT molecular complexity index is 521. The third kappa shape index (κ3) is 1.98. The van der Waals surface area contributed by atoms with E-state index in [9.17, 15) is 4.79 Å². The van der Waals surface area contributed by atoms with Crippen molar-refractivity contribution in [3.05, 3.63) is 48.0 Å². The summed E-state index contributed by atoms with van der Waals surface area (Å²) >= 11 is 0. The van der Waals surface area contributed by atoms with E-state index >= 15 is 0 Å². The lowest BCUT2D eigenvalue weighted by atomic mass is 10.00. The van der Waals surface area contributed by atoms with E-state index < -0.39 is 0 Å².